The van der Waals surface area contributed by atoms with Gasteiger partial charge in [-0.05, 0) is 36.9 Å². The first kappa shape index (κ1) is 14.0. The van der Waals surface area contributed by atoms with Crippen LogP contribution in [0.4, 0.5) is 4.39 Å². The summed E-state index contributed by atoms with van der Waals surface area (Å²) in [4.78, 5) is 4.27. The molecule has 0 aliphatic heterocycles. The molecule has 2 rings (SSSR count). The number of pyridine rings is 1. The molecule has 0 atom stereocenters. The van der Waals surface area contributed by atoms with Crippen LogP contribution in [0.1, 0.15) is 11.3 Å². The lowest BCUT2D eigenvalue weighted by Crippen LogP contribution is -2.06. The van der Waals surface area contributed by atoms with Crippen LogP contribution in [-0.4, -0.2) is 12.0 Å². The van der Waals surface area contributed by atoms with Crippen LogP contribution in [-0.2, 0) is 13.2 Å². The van der Waals surface area contributed by atoms with Crippen LogP contribution in [0.15, 0.2) is 41.0 Å². The number of nitrogens with one attached hydrogen (secondary N) is 1. The summed E-state index contributed by atoms with van der Waals surface area (Å²) in [6.07, 6.45) is 1.78. The van der Waals surface area contributed by atoms with Gasteiger partial charge in [-0.1, -0.05) is 22.0 Å². The minimum absolute atomic E-state index is 0.218. The van der Waals surface area contributed by atoms with Gasteiger partial charge in [-0.15, -0.1) is 0 Å². The molecule has 1 N–H and O–H groups in total. The number of aromatic nitrogens is 1. The fraction of sp³-hybridized carbons (Fsp3) is 0.214. The summed E-state index contributed by atoms with van der Waals surface area (Å²) in [5.74, 6) is -0.162. The van der Waals surface area contributed by atoms with Crippen LogP contribution in [0.2, 0.25) is 0 Å². The van der Waals surface area contributed by atoms with Crippen LogP contribution >= 0.6 is 15.9 Å². The Hall–Kier alpha value is -1.46. The molecule has 19 heavy (non-hydrogen) atoms. The van der Waals surface area contributed by atoms with Crippen molar-refractivity contribution in [1.29, 1.82) is 0 Å². The Kier molecular flexibility index (Phi) is 4.87. The summed E-state index contributed by atoms with van der Waals surface area (Å²) in [7, 11) is 1.88. The number of ether oxygens (including phenoxy) is 1. The molecule has 1 aromatic heterocycles. The molecule has 1 heterocycles. The largest absolute Gasteiger partial charge is 0.484 e. The van der Waals surface area contributed by atoms with Crippen LogP contribution in [0.25, 0.3) is 0 Å². The minimum Gasteiger partial charge on any atom is -0.484 e. The average molecular weight is 325 g/mol. The normalized spacial score (nSPS) is 10.5. The van der Waals surface area contributed by atoms with Crippen molar-refractivity contribution in [2.75, 3.05) is 7.05 Å². The summed E-state index contributed by atoms with van der Waals surface area (Å²) in [6.45, 7) is 1.02. The topological polar surface area (TPSA) is 34.1 Å². The van der Waals surface area contributed by atoms with Gasteiger partial charge < -0.3 is 10.1 Å². The lowest BCUT2D eigenvalue weighted by atomic mass is 10.2. The standard InChI is InChI=1S/C14H14BrFN2O/c1-17-7-10-2-4-12(18-8-10)9-19-14-6-11(15)3-5-13(14)16/h2-6,8,17H,7,9H2,1H3. The Morgan fingerprint density at radius 2 is 2.16 bits per heavy atom. The third-order valence-corrected chi connectivity index (χ3v) is 3.03. The van der Waals surface area contributed by atoms with E-state index < -0.39 is 0 Å². The van der Waals surface area contributed by atoms with Gasteiger partial charge in [-0.25, -0.2) is 4.39 Å². The zero-order valence-electron chi connectivity index (χ0n) is 10.5. The van der Waals surface area contributed by atoms with Crippen molar-refractivity contribution in [3.8, 4) is 5.75 Å². The number of benzene rings is 1. The summed E-state index contributed by atoms with van der Waals surface area (Å²) in [5, 5.41) is 3.05. The number of nitrogens with zero attached hydrogens (tertiary/aromatic N) is 1. The predicted molar refractivity (Wildman–Crippen MR) is 75.4 cm³/mol. The smallest absolute Gasteiger partial charge is 0.165 e. The first-order valence-corrected chi connectivity index (χ1v) is 6.64. The monoisotopic (exact) mass is 324 g/mol. The zero-order chi connectivity index (χ0) is 13.7. The van der Waals surface area contributed by atoms with Gasteiger partial charge in [0.1, 0.15) is 6.61 Å². The number of rotatable bonds is 5. The Bertz CT molecular complexity index is 546. The van der Waals surface area contributed by atoms with Crippen molar-refractivity contribution in [3.05, 3.63) is 58.1 Å². The summed E-state index contributed by atoms with van der Waals surface area (Å²) in [6, 6.07) is 8.45. The second kappa shape index (κ2) is 6.63. The molecule has 0 saturated heterocycles. The van der Waals surface area contributed by atoms with Gasteiger partial charge in [-0.3, -0.25) is 4.98 Å². The third-order valence-electron chi connectivity index (χ3n) is 2.54. The highest BCUT2D eigenvalue weighted by Crippen LogP contribution is 2.22. The van der Waals surface area contributed by atoms with E-state index in [1.807, 2.05) is 19.2 Å². The van der Waals surface area contributed by atoms with Gasteiger partial charge >= 0.3 is 0 Å². The van der Waals surface area contributed by atoms with Crippen molar-refractivity contribution in [3.63, 3.8) is 0 Å². The Morgan fingerprint density at radius 1 is 1.32 bits per heavy atom. The maximum Gasteiger partial charge on any atom is 0.165 e. The van der Waals surface area contributed by atoms with Gasteiger partial charge in [0.25, 0.3) is 0 Å². The van der Waals surface area contributed by atoms with Crippen molar-refractivity contribution in [2.24, 2.45) is 0 Å². The molecule has 0 unspecified atom stereocenters. The van der Waals surface area contributed by atoms with Gasteiger partial charge in [0, 0.05) is 17.2 Å². The molecule has 1 aromatic carbocycles. The molecule has 100 valence electrons. The average Bonchev–Trinajstić information content (AvgIpc) is 2.42. The zero-order valence-corrected chi connectivity index (χ0v) is 12.1. The molecule has 0 fully saturated rings. The van der Waals surface area contributed by atoms with Gasteiger partial charge in [0.2, 0.25) is 0 Å². The van der Waals surface area contributed by atoms with Crippen molar-refractivity contribution < 1.29 is 9.13 Å². The SMILES string of the molecule is CNCc1ccc(COc2cc(Br)ccc2F)nc1. The second-order valence-corrected chi connectivity index (χ2v) is 4.97. The van der Waals surface area contributed by atoms with E-state index in [4.69, 9.17) is 4.74 Å². The van der Waals surface area contributed by atoms with E-state index in [2.05, 4.69) is 26.2 Å². The predicted octanol–water partition coefficient (Wildman–Crippen LogP) is 3.28. The first-order valence-electron chi connectivity index (χ1n) is 5.85. The molecule has 5 heteroatoms. The molecule has 0 radical (unpaired) electrons. The highest BCUT2D eigenvalue weighted by atomic mass is 79.9. The fourth-order valence-corrected chi connectivity index (χ4v) is 1.93. The Labute approximate surface area is 119 Å². The van der Waals surface area contributed by atoms with Crippen LogP contribution < -0.4 is 10.1 Å². The molecule has 0 saturated carbocycles. The fourth-order valence-electron chi connectivity index (χ4n) is 1.59. The number of hydrogen-bond donors (Lipinski definition) is 1. The molecular weight excluding hydrogens is 311 g/mol. The van der Waals surface area contributed by atoms with E-state index in [0.29, 0.717) is 0 Å². The van der Waals surface area contributed by atoms with Gasteiger partial charge in [0.05, 0.1) is 5.69 Å². The molecular formula is C14H14BrFN2O. The second-order valence-electron chi connectivity index (χ2n) is 4.05. The summed E-state index contributed by atoms with van der Waals surface area (Å²) >= 11 is 3.28. The van der Waals surface area contributed by atoms with E-state index in [1.54, 1.807) is 18.3 Å². The van der Waals surface area contributed by atoms with Crippen LogP contribution in [0.5, 0.6) is 5.75 Å². The molecule has 0 aliphatic rings. The highest BCUT2D eigenvalue weighted by molar-refractivity contribution is 9.10. The van der Waals surface area contributed by atoms with Crippen molar-refractivity contribution in [1.82, 2.24) is 10.3 Å². The Balaban J connectivity index is 2.00. The summed E-state index contributed by atoms with van der Waals surface area (Å²) in [5.41, 5.74) is 1.86. The third kappa shape index (κ3) is 4.01. The van der Waals surface area contributed by atoms with Gasteiger partial charge in [-0.2, -0.15) is 0 Å². The molecule has 3 nitrogen and oxygen atoms in total. The van der Waals surface area contributed by atoms with Crippen molar-refractivity contribution in [2.45, 2.75) is 13.2 Å². The molecule has 0 bridgehead atoms. The van der Waals surface area contributed by atoms with Gasteiger partial charge in [0.15, 0.2) is 11.6 Å². The van der Waals surface area contributed by atoms with E-state index in [0.717, 1.165) is 22.3 Å². The highest BCUT2D eigenvalue weighted by Gasteiger charge is 2.05. The van der Waals surface area contributed by atoms with Crippen LogP contribution in [0.3, 0.4) is 0 Å². The lowest BCUT2D eigenvalue weighted by Gasteiger charge is -2.08. The van der Waals surface area contributed by atoms with E-state index in [-0.39, 0.29) is 18.2 Å². The van der Waals surface area contributed by atoms with E-state index in [1.165, 1.54) is 6.07 Å². The number of hydrogen-bond acceptors (Lipinski definition) is 3. The molecule has 0 amide bonds. The first-order chi connectivity index (χ1) is 9.19. The molecule has 0 aliphatic carbocycles. The van der Waals surface area contributed by atoms with E-state index >= 15 is 0 Å². The van der Waals surface area contributed by atoms with Crippen molar-refractivity contribution >= 4 is 15.9 Å². The van der Waals surface area contributed by atoms with Crippen LogP contribution in [0, 0.1) is 5.82 Å². The number of halogens is 2. The lowest BCUT2D eigenvalue weighted by molar-refractivity contribution is 0.285. The maximum atomic E-state index is 13.5. The maximum absolute atomic E-state index is 13.5. The summed E-state index contributed by atoms with van der Waals surface area (Å²) < 4.78 is 19.7. The minimum atomic E-state index is -0.380. The van der Waals surface area contributed by atoms with E-state index in [9.17, 15) is 4.39 Å². The molecule has 0 spiro atoms. The quantitative estimate of drug-likeness (QED) is 0.916. The molecule has 2 aromatic rings. The Morgan fingerprint density at radius 3 is 2.84 bits per heavy atom.